The number of hydrogen-bond acceptors (Lipinski definition) is 0. The quantitative estimate of drug-likeness (QED) is 0.220. The minimum absolute atomic E-state index is 0.832. The van der Waals surface area contributed by atoms with Gasteiger partial charge in [-0.1, -0.05) is 159 Å². The lowest BCUT2D eigenvalue weighted by molar-refractivity contribution is 0.0309. The van der Waals surface area contributed by atoms with Crippen LogP contribution in [0, 0.1) is 0 Å². The molecule has 1 radical (unpaired) electrons. The van der Waals surface area contributed by atoms with Crippen molar-refractivity contribution in [3.8, 4) is 0 Å². The van der Waals surface area contributed by atoms with E-state index in [2.05, 4.69) is 175 Å². The molecule has 1 fully saturated rings. The van der Waals surface area contributed by atoms with Gasteiger partial charge in [-0.3, -0.25) is 0 Å². The largest absolute Gasteiger partial charge is 0.212 e. The molecule has 12 heteroatoms. The van der Waals surface area contributed by atoms with Crippen LogP contribution in [0.1, 0.15) is 0 Å². The molecular weight excluding hydrogens is 967 g/mol. The summed E-state index contributed by atoms with van der Waals surface area (Å²) in [6.45, 7) is 0. The third-order valence-corrected chi connectivity index (χ3v) is 26.0. The van der Waals surface area contributed by atoms with Crippen LogP contribution >= 0.6 is 175 Å². The van der Waals surface area contributed by atoms with Crippen LogP contribution < -0.4 is 0 Å². The number of alkyl halides is 11. The Morgan fingerprint density at radius 2 is 0.556 bits per heavy atom. The maximum atomic E-state index is 13.1. The monoisotopic (exact) mass is 956 g/mol. The molecule has 0 atom stereocenters. The highest BCUT2D eigenvalue weighted by atomic mass is 79.9. The van der Waals surface area contributed by atoms with Crippen molar-refractivity contribution >= 4 is 175 Å². The van der Waals surface area contributed by atoms with E-state index in [0.29, 0.717) is 0 Å². The third-order valence-electron chi connectivity index (χ3n) is 2.39. The van der Waals surface area contributed by atoms with Gasteiger partial charge in [0.1, 0.15) is 9.70 Å². The predicted octanol–water partition coefficient (Wildman–Crippen LogP) is 7.95. The molecule has 1 rings (SSSR count). The molecule has 0 heterocycles. The van der Waals surface area contributed by atoms with Gasteiger partial charge in [0.25, 0.3) is 0 Å². The Morgan fingerprint density at radius 3 is 0.778 bits per heavy atom. The number of halogens is 11. The summed E-state index contributed by atoms with van der Waals surface area (Å²) < 4.78 is -6.68. The molecule has 0 aromatic heterocycles. The maximum absolute atomic E-state index is 13.1. The number of rotatable bonds is 0. The predicted molar refractivity (Wildman–Crippen MR) is 115 cm³/mol. The zero-order valence-corrected chi connectivity index (χ0v) is 25.0. The summed E-state index contributed by atoms with van der Waals surface area (Å²) in [4.78, 5) is 0. The molecule has 0 unspecified atom stereocenters. The average molecular weight is 967 g/mol. The molecule has 1 saturated carbocycles. The lowest BCUT2D eigenvalue weighted by Gasteiger charge is -2.63. The van der Waals surface area contributed by atoms with Gasteiger partial charge in [-0.15, -0.1) is 0 Å². The van der Waals surface area contributed by atoms with E-state index >= 15 is 0 Å². The van der Waals surface area contributed by atoms with E-state index in [0.717, 1.165) is 0 Å². The highest BCUT2D eigenvalue weighted by Crippen LogP contribution is 2.81. The molecule has 1 nitrogen and oxygen atoms in total. The Labute approximate surface area is 197 Å². The Bertz CT molecular complexity index is 253. The van der Waals surface area contributed by atoms with E-state index in [9.17, 15) is 5.11 Å². The Morgan fingerprint density at radius 1 is 0.389 bits per heavy atom. The van der Waals surface area contributed by atoms with Gasteiger partial charge in [0.15, 0.2) is 6.47 Å². The molecule has 0 N–H and O–H groups in total. The summed E-state index contributed by atoms with van der Waals surface area (Å²) in [7, 11) is 0. The van der Waals surface area contributed by atoms with Crippen molar-refractivity contribution in [3.63, 3.8) is 0 Å². The third kappa shape index (κ3) is 2.48. The van der Waals surface area contributed by atoms with Crippen molar-refractivity contribution in [1.29, 1.82) is 0 Å². The normalized spacial score (nSPS) is 34.0. The Balaban J connectivity index is 3.72. The molecule has 0 aromatic carbocycles. The van der Waals surface area contributed by atoms with Gasteiger partial charge in [-0.05, 0) is 15.9 Å². The highest BCUT2D eigenvalue weighted by molar-refractivity contribution is 9.36. The Hall–Kier alpha value is 5.24. The van der Waals surface area contributed by atoms with Crippen LogP contribution in [-0.4, -0.2) is 20.7 Å². The molecule has 18 heavy (non-hydrogen) atoms. The molecule has 1 aliphatic carbocycles. The SMILES string of the molecule is [O]C1(Br)C(Br)(Br)C(Br)(Br)C(Br)(Br)C(Br)(Br)C1(Br)Br. The van der Waals surface area contributed by atoms with Crippen LogP contribution in [0.15, 0.2) is 0 Å². The van der Waals surface area contributed by atoms with Crippen LogP contribution in [-0.2, 0) is 5.11 Å². The minimum atomic E-state index is -1.72. The fourth-order valence-electron chi connectivity index (χ4n) is 1.19. The first-order valence-electron chi connectivity index (χ1n) is 3.78. The zero-order chi connectivity index (χ0) is 15.0. The van der Waals surface area contributed by atoms with Crippen molar-refractivity contribution in [2.24, 2.45) is 0 Å². The van der Waals surface area contributed by atoms with Crippen molar-refractivity contribution in [2.75, 3.05) is 0 Å². The van der Waals surface area contributed by atoms with Gasteiger partial charge < -0.3 is 0 Å². The smallest absolute Gasteiger partial charge is 0.212 e. The Kier molecular flexibility index (Phi) is 6.98. The van der Waals surface area contributed by atoms with Crippen LogP contribution in [0.2, 0.25) is 0 Å². The van der Waals surface area contributed by atoms with Gasteiger partial charge >= 0.3 is 0 Å². The average Bonchev–Trinajstić information content (AvgIpc) is 2.14. The fourth-order valence-corrected chi connectivity index (χ4v) is 13.0. The molecule has 0 amide bonds. The van der Waals surface area contributed by atoms with Crippen LogP contribution in [0.25, 0.3) is 0 Å². The maximum Gasteiger partial charge on any atom is 0.212 e. The van der Waals surface area contributed by atoms with Crippen LogP contribution in [0.4, 0.5) is 0 Å². The highest BCUT2D eigenvalue weighted by Gasteiger charge is 2.85. The van der Waals surface area contributed by atoms with E-state index in [4.69, 9.17) is 0 Å². The molecule has 0 bridgehead atoms. The molecule has 0 saturated heterocycles. The van der Waals surface area contributed by atoms with E-state index in [1.165, 1.54) is 0 Å². The van der Waals surface area contributed by atoms with E-state index < -0.39 is 20.7 Å². The lowest BCUT2D eigenvalue weighted by Crippen LogP contribution is -2.77. The second-order valence-electron chi connectivity index (χ2n) is 3.47. The second-order valence-corrected chi connectivity index (χ2v) is 21.8. The summed E-state index contributed by atoms with van der Waals surface area (Å²) in [6, 6.07) is 0. The lowest BCUT2D eigenvalue weighted by atomic mass is 9.96. The first kappa shape index (κ1) is 21.3. The van der Waals surface area contributed by atoms with Crippen molar-refractivity contribution in [3.05, 3.63) is 0 Å². The van der Waals surface area contributed by atoms with Gasteiger partial charge in [-0.25, -0.2) is 5.11 Å². The summed E-state index contributed by atoms with van der Waals surface area (Å²) in [6.07, 6.45) is 0. The van der Waals surface area contributed by atoms with Crippen molar-refractivity contribution < 1.29 is 5.11 Å². The van der Waals surface area contributed by atoms with Crippen LogP contribution in [0.5, 0.6) is 0 Å². The molecule has 107 valence electrons. The van der Waals surface area contributed by atoms with Crippen LogP contribution in [0.3, 0.4) is 0 Å². The van der Waals surface area contributed by atoms with Gasteiger partial charge in [0.2, 0.25) is 4.51 Å². The summed E-state index contributed by atoms with van der Waals surface area (Å²) in [5.41, 5.74) is 0. The van der Waals surface area contributed by atoms with Crippen molar-refractivity contribution in [1.82, 2.24) is 0 Å². The van der Waals surface area contributed by atoms with E-state index in [1.807, 2.05) is 0 Å². The first-order chi connectivity index (χ1) is 7.50. The second kappa shape index (κ2) is 5.90. The molecule has 1 aliphatic rings. The summed E-state index contributed by atoms with van der Waals surface area (Å²) >= 11 is 38.3. The zero-order valence-electron chi connectivity index (χ0n) is 7.57. The van der Waals surface area contributed by atoms with Gasteiger partial charge in [0, 0.05) is 0 Å². The number of hydrogen-bond donors (Lipinski definition) is 0. The van der Waals surface area contributed by atoms with E-state index in [1.54, 1.807) is 0 Å². The first-order valence-corrected chi connectivity index (χ1v) is 12.5. The molecule has 0 aromatic rings. The topological polar surface area (TPSA) is 19.9 Å². The summed E-state index contributed by atoms with van der Waals surface area (Å²) in [5, 5.41) is 13.1. The standard InChI is InChI=1S/C6Br11O/c7-1(8)2(9,10)4(13,14)6(17,18)5(15,16)3(1,11)12. The molecule has 0 spiro atoms. The van der Waals surface area contributed by atoms with Gasteiger partial charge in [0.05, 0.1) is 0 Å². The molecular formula is C6Br11O. The van der Waals surface area contributed by atoms with Gasteiger partial charge in [-0.2, -0.15) is 0 Å². The minimum Gasteiger partial charge on any atom is -0.212 e. The molecule has 0 aliphatic heterocycles. The summed E-state index contributed by atoms with van der Waals surface area (Å²) in [5.74, 6) is 0. The van der Waals surface area contributed by atoms with E-state index in [-0.39, 0.29) is 0 Å². The van der Waals surface area contributed by atoms with Crippen molar-refractivity contribution in [2.45, 2.75) is 20.7 Å². The fraction of sp³-hybridized carbons (Fsp3) is 1.00.